The number of rotatable bonds is 17. The number of esters is 1. The van der Waals surface area contributed by atoms with Crippen molar-refractivity contribution in [3.8, 4) is 0 Å². The van der Waals surface area contributed by atoms with E-state index in [1.165, 1.54) is 19.3 Å². The van der Waals surface area contributed by atoms with E-state index in [4.69, 9.17) is 4.74 Å². The van der Waals surface area contributed by atoms with E-state index in [9.17, 15) is 19.5 Å². The molecule has 0 spiro atoms. The monoisotopic (exact) mass is 512 g/mol. The second kappa shape index (κ2) is 17.5. The van der Waals surface area contributed by atoms with Crippen LogP contribution in [-0.2, 0) is 25.7 Å². The van der Waals surface area contributed by atoms with E-state index >= 15 is 0 Å². The Morgan fingerprint density at radius 3 is 2.49 bits per heavy atom. The van der Waals surface area contributed by atoms with Crippen LogP contribution in [0.1, 0.15) is 69.8 Å². The topological polar surface area (TPSA) is 95.9 Å². The van der Waals surface area contributed by atoms with Gasteiger partial charge in [0.2, 0.25) is 11.8 Å². The first-order valence-corrected chi connectivity index (χ1v) is 13.6. The van der Waals surface area contributed by atoms with Crippen molar-refractivity contribution in [1.29, 1.82) is 0 Å². The number of aliphatic hydroxyl groups is 1. The minimum atomic E-state index is -0.590. The molecule has 1 aliphatic rings. The number of allylic oxidation sites excluding steroid dienone is 2. The van der Waals surface area contributed by atoms with E-state index in [0.29, 0.717) is 25.3 Å². The molecule has 204 valence electrons. The van der Waals surface area contributed by atoms with E-state index in [1.807, 2.05) is 30.3 Å². The lowest BCUT2D eigenvalue weighted by Gasteiger charge is -2.29. The maximum Gasteiger partial charge on any atom is 0.306 e. The highest BCUT2D eigenvalue weighted by Gasteiger charge is 2.28. The number of aliphatic hydroxyl groups excluding tert-OH is 1. The van der Waals surface area contributed by atoms with Gasteiger partial charge in [-0.25, -0.2) is 0 Å². The summed E-state index contributed by atoms with van der Waals surface area (Å²) in [5.74, 6) is -0.843. The summed E-state index contributed by atoms with van der Waals surface area (Å²) in [6, 6.07) is 9.27. The van der Waals surface area contributed by atoms with Crippen LogP contribution in [0.4, 0.5) is 0 Å². The minimum absolute atomic E-state index is 0.0138. The van der Waals surface area contributed by atoms with Crippen LogP contribution in [0, 0.1) is 11.8 Å². The second-order valence-electron chi connectivity index (χ2n) is 9.91. The van der Waals surface area contributed by atoms with Crippen LogP contribution in [0.3, 0.4) is 0 Å². The Hall–Kier alpha value is -2.93. The van der Waals surface area contributed by atoms with Gasteiger partial charge in [0.15, 0.2) is 0 Å². The standard InChI is InChI=1S/C30H44N2O5/c1-3-5-17-29(35)37-23-27(20-24-13-8-6-9-14-24)31-30(36)26(12-4-2)21-28(34)32(18-19-33)22-25-15-10-7-11-16-25/h3-4,7,10-11,15-16,24,26-27,33H,1-2,5-6,8-9,12-14,17-23H2,(H,31,36)/t26-,27+/m1/s1. The van der Waals surface area contributed by atoms with Crippen molar-refractivity contribution >= 4 is 17.8 Å². The van der Waals surface area contributed by atoms with E-state index in [2.05, 4.69) is 18.5 Å². The molecule has 1 aromatic rings. The van der Waals surface area contributed by atoms with Crippen molar-refractivity contribution < 1.29 is 24.2 Å². The Balaban J connectivity index is 2.04. The van der Waals surface area contributed by atoms with E-state index in [-0.39, 0.29) is 56.4 Å². The van der Waals surface area contributed by atoms with Gasteiger partial charge in [0, 0.05) is 25.9 Å². The molecule has 37 heavy (non-hydrogen) atoms. The molecule has 0 heterocycles. The molecule has 2 amide bonds. The highest BCUT2D eigenvalue weighted by molar-refractivity contribution is 5.86. The van der Waals surface area contributed by atoms with Crippen LogP contribution >= 0.6 is 0 Å². The molecule has 2 atom stereocenters. The summed E-state index contributed by atoms with van der Waals surface area (Å²) in [6.07, 6.45) is 11.1. The van der Waals surface area contributed by atoms with Crippen molar-refractivity contribution in [2.24, 2.45) is 11.8 Å². The normalized spacial score (nSPS) is 15.3. The van der Waals surface area contributed by atoms with E-state index < -0.39 is 5.92 Å². The summed E-state index contributed by atoms with van der Waals surface area (Å²) in [5, 5.41) is 12.6. The van der Waals surface area contributed by atoms with Crippen molar-refractivity contribution in [3.05, 3.63) is 61.2 Å². The van der Waals surface area contributed by atoms with Gasteiger partial charge < -0.3 is 20.1 Å². The van der Waals surface area contributed by atoms with Crippen molar-refractivity contribution in [2.75, 3.05) is 19.8 Å². The molecule has 1 fully saturated rings. The number of ether oxygens (including phenoxy) is 1. The Kier molecular flexibility index (Phi) is 14.3. The molecule has 1 saturated carbocycles. The molecule has 0 aliphatic heterocycles. The highest BCUT2D eigenvalue weighted by atomic mass is 16.5. The largest absolute Gasteiger partial charge is 0.463 e. The minimum Gasteiger partial charge on any atom is -0.463 e. The molecular weight excluding hydrogens is 468 g/mol. The maximum atomic E-state index is 13.3. The van der Waals surface area contributed by atoms with Crippen LogP contribution < -0.4 is 5.32 Å². The maximum absolute atomic E-state index is 13.3. The van der Waals surface area contributed by atoms with Crippen LogP contribution in [0.25, 0.3) is 0 Å². The van der Waals surface area contributed by atoms with Gasteiger partial charge in [-0.05, 0) is 30.7 Å². The van der Waals surface area contributed by atoms with Crippen molar-refractivity contribution in [3.63, 3.8) is 0 Å². The first kappa shape index (κ1) is 30.3. The SMILES string of the molecule is C=CCCC(=O)OC[C@H](CC1CCCCC1)NC(=O)[C@H](CC=C)CC(=O)N(CCO)Cc1ccccc1. The first-order chi connectivity index (χ1) is 18.0. The molecule has 0 aromatic heterocycles. The van der Waals surface area contributed by atoms with Crippen LogP contribution in [0.5, 0.6) is 0 Å². The zero-order valence-corrected chi connectivity index (χ0v) is 22.1. The lowest BCUT2D eigenvalue weighted by atomic mass is 9.84. The van der Waals surface area contributed by atoms with Crippen LogP contribution in [0.15, 0.2) is 55.6 Å². The molecule has 1 aliphatic carbocycles. The summed E-state index contributed by atoms with van der Waals surface area (Å²) < 4.78 is 5.48. The summed E-state index contributed by atoms with van der Waals surface area (Å²) in [6.45, 7) is 7.94. The average Bonchev–Trinajstić information content (AvgIpc) is 2.91. The summed E-state index contributed by atoms with van der Waals surface area (Å²) in [7, 11) is 0. The number of amides is 2. The predicted octanol–water partition coefficient (Wildman–Crippen LogP) is 4.55. The third kappa shape index (κ3) is 11.8. The Morgan fingerprint density at radius 2 is 1.84 bits per heavy atom. The smallest absolute Gasteiger partial charge is 0.306 e. The molecule has 0 radical (unpaired) electrons. The van der Waals surface area contributed by atoms with Crippen LogP contribution in [0.2, 0.25) is 0 Å². The van der Waals surface area contributed by atoms with Gasteiger partial charge in [-0.2, -0.15) is 0 Å². The molecule has 0 unspecified atom stereocenters. The van der Waals surface area contributed by atoms with Crippen LogP contribution in [-0.4, -0.2) is 53.6 Å². The van der Waals surface area contributed by atoms with Gasteiger partial charge in [-0.3, -0.25) is 14.4 Å². The zero-order chi connectivity index (χ0) is 26.9. The third-order valence-electron chi connectivity index (χ3n) is 6.87. The molecule has 2 N–H and O–H groups in total. The second-order valence-corrected chi connectivity index (χ2v) is 9.91. The third-order valence-corrected chi connectivity index (χ3v) is 6.87. The van der Waals surface area contributed by atoms with Gasteiger partial charge in [-0.1, -0.05) is 74.6 Å². The van der Waals surface area contributed by atoms with Gasteiger partial charge in [0.05, 0.1) is 18.6 Å². The van der Waals surface area contributed by atoms with Crippen molar-refractivity contribution in [2.45, 2.75) is 76.8 Å². The fourth-order valence-electron chi connectivity index (χ4n) is 4.84. The predicted molar refractivity (Wildman–Crippen MR) is 145 cm³/mol. The fourth-order valence-corrected chi connectivity index (χ4v) is 4.84. The van der Waals surface area contributed by atoms with Gasteiger partial charge in [0.25, 0.3) is 0 Å². The highest BCUT2D eigenvalue weighted by Crippen LogP contribution is 2.28. The number of carbonyl (C=O) groups is 3. The Labute approximate surface area is 222 Å². The molecule has 0 saturated heterocycles. The van der Waals surface area contributed by atoms with Crippen molar-refractivity contribution in [1.82, 2.24) is 10.2 Å². The molecule has 7 nitrogen and oxygen atoms in total. The quantitative estimate of drug-likeness (QED) is 0.236. The number of carbonyl (C=O) groups excluding carboxylic acids is 3. The number of nitrogens with zero attached hydrogens (tertiary/aromatic N) is 1. The Bertz CT molecular complexity index is 851. The van der Waals surface area contributed by atoms with Gasteiger partial charge >= 0.3 is 5.97 Å². The van der Waals surface area contributed by atoms with Gasteiger partial charge in [-0.15, -0.1) is 13.2 Å². The number of benzene rings is 1. The molecule has 2 rings (SSSR count). The number of hydrogen-bond acceptors (Lipinski definition) is 5. The average molecular weight is 513 g/mol. The molecular formula is C30H44N2O5. The van der Waals surface area contributed by atoms with E-state index in [0.717, 1.165) is 24.8 Å². The lowest BCUT2D eigenvalue weighted by Crippen LogP contribution is -2.44. The molecule has 1 aromatic carbocycles. The number of hydrogen-bond donors (Lipinski definition) is 2. The summed E-state index contributed by atoms with van der Waals surface area (Å²) in [5.41, 5.74) is 0.958. The summed E-state index contributed by atoms with van der Waals surface area (Å²) in [4.78, 5) is 40.2. The Morgan fingerprint density at radius 1 is 1.11 bits per heavy atom. The zero-order valence-electron chi connectivity index (χ0n) is 22.1. The molecule has 7 heteroatoms. The molecule has 0 bridgehead atoms. The lowest BCUT2D eigenvalue weighted by molar-refractivity contribution is -0.145. The summed E-state index contributed by atoms with van der Waals surface area (Å²) >= 11 is 0. The van der Waals surface area contributed by atoms with E-state index in [1.54, 1.807) is 17.1 Å². The first-order valence-electron chi connectivity index (χ1n) is 13.6. The van der Waals surface area contributed by atoms with Gasteiger partial charge in [0.1, 0.15) is 6.61 Å². The number of nitrogens with one attached hydrogen (secondary N) is 1. The fraction of sp³-hybridized carbons (Fsp3) is 0.567.